The second-order valence-corrected chi connectivity index (χ2v) is 8.93. The lowest BCUT2D eigenvalue weighted by molar-refractivity contribution is -0.0327. The van der Waals surface area contributed by atoms with Gasteiger partial charge in [-0.25, -0.2) is 9.97 Å². The molecule has 2 aliphatic rings. The summed E-state index contributed by atoms with van der Waals surface area (Å²) in [6, 6.07) is 12.1. The highest BCUT2D eigenvalue weighted by atomic mass is 35.5. The highest BCUT2D eigenvalue weighted by molar-refractivity contribution is 6.28. The van der Waals surface area contributed by atoms with E-state index in [1.165, 1.54) is 0 Å². The first-order chi connectivity index (χ1) is 16.1. The Morgan fingerprint density at radius 2 is 1.91 bits per heavy atom. The number of nitriles is 1. The third-order valence-electron chi connectivity index (χ3n) is 6.30. The monoisotopic (exact) mass is 463 g/mol. The van der Waals surface area contributed by atoms with Crippen molar-refractivity contribution in [2.75, 3.05) is 55.6 Å². The van der Waals surface area contributed by atoms with Crippen molar-refractivity contribution in [3.05, 3.63) is 53.6 Å². The molecule has 3 aromatic rings. The van der Waals surface area contributed by atoms with Crippen molar-refractivity contribution in [3.63, 3.8) is 0 Å². The van der Waals surface area contributed by atoms with Crippen LogP contribution >= 0.6 is 11.6 Å². The molecule has 33 heavy (non-hydrogen) atoms. The van der Waals surface area contributed by atoms with Gasteiger partial charge in [0.1, 0.15) is 11.9 Å². The average molecular weight is 464 g/mol. The molecule has 1 aromatic carbocycles. The van der Waals surface area contributed by atoms with Gasteiger partial charge in [0.2, 0.25) is 5.28 Å². The first-order valence-corrected chi connectivity index (χ1v) is 11.6. The summed E-state index contributed by atoms with van der Waals surface area (Å²) in [5.41, 5.74) is 2.48. The molecular formula is C24H26ClN7O. The Morgan fingerprint density at radius 1 is 1.06 bits per heavy atom. The zero-order chi connectivity index (χ0) is 22.8. The Balaban J connectivity index is 1.26. The van der Waals surface area contributed by atoms with E-state index in [4.69, 9.17) is 16.3 Å². The van der Waals surface area contributed by atoms with Crippen molar-refractivity contribution in [1.29, 1.82) is 5.26 Å². The number of morpholine rings is 1. The Kier molecular flexibility index (Phi) is 6.27. The number of nitrogens with zero attached hydrogens (tertiary/aromatic N) is 7. The van der Waals surface area contributed by atoms with Gasteiger partial charge in [0.25, 0.3) is 0 Å². The SMILES string of the molecule is C[C@@H]1CN(c2ccc(C#N)c3ncccc23)C[C@H](CN2CCN(c3ccnc(Cl)n3)CC2)O1. The van der Waals surface area contributed by atoms with Crippen LogP contribution in [0.2, 0.25) is 5.28 Å². The second kappa shape index (κ2) is 9.48. The van der Waals surface area contributed by atoms with E-state index >= 15 is 0 Å². The van der Waals surface area contributed by atoms with Gasteiger partial charge in [0.05, 0.1) is 23.3 Å². The van der Waals surface area contributed by atoms with Gasteiger partial charge >= 0.3 is 0 Å². The topological polar surface area (TPSA) is 81.4 Å². The van der Waals surface area contributed by atoms with Crippen LogP contribution in [0.5, 0.6) is 0 Å². The van der Waals surface area contributed by atoms with E-state index in [2.05, 4.69) is 42.6 Å². The number of ether oxygens (including phenoxy) is 1. The summed E-state index contributed by atoms with van der Waals surface area (Å²) in [5.74, 6) is 0.879. The first kappa shape index (κ1) is 21.8. The Labute approximate surface area is 198 Å². The molecule has 2 saturated heterocycles. The van der Waals surface area contributed by atoms with E-state index in [-0.39, 0.29) is 17.5 Å². The van der Waals surface area contributed by atoms with Crippen LogP contribution in [0.4, 0.5) is 11.5 Å². The molecule has 0 spiro atoms. The molecule has 2 aromatic heterocycles. The van der Waals surface area contributed by atoms with Crippen LogP contribution in [0.15, 0.2) is 42.7 Å². The molecule has 0 amide bonds. The van der Waals surface area contributed by atoms with Crippen LogP contribution in [0.1, 0.15) is 12.5 Å². The zero-order valence-corrected chi connectivity index (χ0v) is 19.3. The molecule has 0 bridgehead atoms. The number of anilines is 2. The van der Waals surface area contributed by atoms with Gasteiger partial charge in [-0.05, 0) is 48.9 Å². The molecule has 5 rings (SSSR count). The number of hydrogen-bond donors (Lipinski definition) is 0. The van der Waals surface area contributed by atoms with Crippen molar-refractivity contribution in [1.82, 2.24) is 19.9 Å². The highest BCUT2D eigenvalue weighted by Gasteiger charge is 2.29. The zero-order valence-electron chi connectivity index (χ0n) is 18.6. The first-order valence-electron chi connectivity index (χ1n) is 11.2. The van der Waals surface area contributed by atoms with E-state index in [9.17, 15) is 5.26 Å². The van der Waals surface area contributed by atoms with Gasteiger partial charge in [0, 0.05) is 69.3 Å². The summed E-state index contributed by atoms with van der Waals surface area (Å²) >= 11 is 5.95. The number of halogens is 1. The summed E-state index contributed by atoms with van der Waals surface area (Å²) in [7, 11) is 0. The molecule has 8 nitrogen and oxygen atoms in total. The van der Waals surface area contributed by atoms with Gasteiger partial charge < -0.3 is 14.5 Å². The summed E-state index contributed by atoms with van der Waals surface area (Å²) < 4.78 is 6.32. The molecule has 4 heterocycles. The number of hydrogen-bond acceptors (Lipinski definition) is 8. The van der Waals surface area contributed by atoms with E-state index < -0.39 is 0 Å². The van der Waals surface area contributed by atoms with Crippen LogP contribution in [0, 0.1) is 11.3 Å². The number of fused-ring (bicyclic) bond motifs is 1. The fraction of sp³-hybridized carbons (Fsp3) is 0.417. The molecule has 2 aliphatic heterocycles. The van der Waals surface area contributed by atoms with Crippen molar-refractivity contribution in [2.45, 2.75) is 19.1 Å². The van der Waals surface area contributed by atoms with Crippen molar-refractivity contribution < 1.29 is 4.74 Å². The van der Waals surface area contributed by atoms with Crippen LogP contribution in [0.25, 0.3) is 10.9 Å². The summed E-state index contributed by atoms with van der Waals surface area (Å²) in [6.45, 7) is 8.30. The van der Waals surface area contributed by atoms with Gasteiger partial charge in [-0.1, -0.05) is 0 Å². The quantitative estimate of drug-likeness (QED) is 0.546. The van der Waals surface area contributed by atoms with Gasteiger partial charge in [-0.3, -0.25) is 9.88 Å². The summed E-state index contributed by atoms with van der Waals surface area (Å²) in [5, 5.41) is 10.8. The summed E-state index contributed by atoms with van der Waals surface area (Å²) in [4.78, 5) is 19.9. The highest BCUT2D eigenvalue weighted by Crippen LogP contribution is 2.30. The molecule has 0 radical (unpaired) electrons. The maximum absolute atomic E-state index is 9.46. The second-order valence-electron chi connectivity index (χ2n) is 8.59. The standard InChI is InChI=1S/C24H26ClN7O/c1-17-14-32(21-5-4-18(13-26)23-20(21)3-2-7-27-23)16-19(33-17)15-30-9-11-31(12-10-30)22-6-8-28-24(25)29-22/h2-8,17,19H,9-12,14-16H2,1H3/t17-,19+/m1/s1. The predicted molar refractivity (Wildman–Crippen MR) is 129 cm³/mol. The lowest BCUT2D eigenvalue weighted by Gasteiger charge is -2.42. The van der Waals surface area contributed by atoms with E-state index in [0.717, 1.165) is 68.2 Å². The predicted octanol–water partition coefficient (Wildman–Crippen LogP) is 2.97. The van der Waals surface area contributed by atoms with Crippen LogP contribution in [-0.2, 0) is 4.74 Å². The van der Waals surface area contributed by atoms with E-state index in [1.807, 2.05) is 30.3 Å². The molecule has 2 atom stereocenters. The number of aromatic nitrogens is 3. The Hall–Kier alpha value is -2.99. The van der Waals surface area contributed by atoms with Crippen molar-refractivity contribution >= 4 is 34.0 Å². The molecule has 2 fully saturated rings. The number of rotatable bonds is 4. The van der Waals surface area contributed by atoms with Gasteiger partial charge in [0.15, 0.2) is 0 Å². The minimum absolute atomic E-state index is 0.108. The normalized spacial score (nSPS) is 21.8. The molecule has 9 heteroatoms. The number of piperazine rings is 1. The van der Waals surface area contributed by atoms with Crippen LogP contribution in [0.3, 0.4) is 0 Å². The lowest BCUT2D eigenvalue weighted by atomic mass is 10.1. The third kappa shape index (κ3) is 4.71. The minimum atomic E-state index is 0.108. The minimum Gasteiger partial charge on any atom is -0.370 e. The van der Waals surface area contributed by atoms with E-state index in [0.29, 0.717) is 5.56 Å². The van der Waals surface area contributed by atoms with Gasteiger partial charge in [-0.2, -0.15) is 5.26 Å². The molecule has 170 valence electrons. The number of benzene rings is 1. The van der Waals surface area contributed by atoms with E-state index in [1.54, 1.807) is 12.4 Å². The summed E-state index contributed by atoms with van der Waals surface area (Å²) in [6.07, 6.45) is 3.67. The molecule has 0 unspecified atom stereocenters. The fourth-order valence-corrected chi connectivity index (χ4v) is 4.96. The van der Waals surface area contributed by atoms with Crippen LogP contribution in [-0.4, -0.2) is 77.9 Å². The van der Waals surface area contributed by atoms with Gasteiger partial charge in [-0.15, -0.1) is 0 Å². The smallest absolute Gasteiger partial charge is 0.224 e. The Bertz CT molecular complexity index is 1170. The third-order valence-corrected chi connectivity index (χ3v) is 6.49. The molecular weight excluding hydrogens is 438 g/mol. The average Bonchev–Trinajstić information content (AvgIpc) is 2.83. The fourth-order valence-electron chi connectivity index (χ4n) is 4.82. The molecule has 0 N–H and O–H groups in total. The van der Waals surface area contributed by atoms with Crippen molar-refractivity contribution in [2.24, 2.45) is 0 Å². The number of pyridine rings is 1. The van der Waals surface area contributed by atoms with Crippen LogP contribution < -0.4 is 9.80 Å². The van der Waals surface area contributed by atoms with Crippen molar-refractivity contribution in [3.8, 4) is 6.07 Å². The maximum atomic E-state index is 9.46. The maximum Gasteiger partial charge on any atom is 0.224 e. The Morgan fingerprint density at radius 3 is 2.70 bits per heavy atom. The molecule has 0 aliphatic carbocycles. The largest absolute Gasteiger partial charge is 0.370 e. The molecule has 0 saturated carbocycles. The lowest BCUT2D eigenvalue weighted by Crippen LogP contribution is -2.54.